The average Bonchev–Trinajstić information content (AvgIpc) is 2.72. The van der Waals surface area contributed by atoms with Crippen LogP contribution >= 0.6 is 15.9 Å². The highest BCUT2D eigenvalue weighted by Gasteiger charge is 2.08. The molecule has 4 heteroatoms. The summed E-state index contributed by atoms with van der Waals surface area (Å²) in [6, 6.07) is 11.8. The normalized spacial score (nSPS) is 10.9. The second kappa shape index (κ2) is 3.96. The lowest BCUT2D eigenvalue weighted by Crippen LogP contribution is -1.77. The van der Waals surface area contributed by atoms with Gasteiger partial charge in [-0.05, 0) is 47.1 Å². The molecule has 84 valence electrons. The van der Waals surface area contributed by atoms with E-state index in [2.05, 4.69) is 32.8 Å². The zero-order valence-corrected chi connectivity index (χ0v) is 10.7. The van der Waals surface area contributed by atoms with Gasteiger partial charge >= 0.3 is 0 Å². The topological polar surface area (TPSA) is 38.9 Å². The Bertz CT molecular complexity index is 673. The van der Waals surface area contributed by atoms with Crippen LogP contribution in [0.2, 0.25) is 0 Å². The van der Waals surface area contributed by atoms with Crippen molar-refractivity contribution in [3.8, 4) is 11.5 Å². The molecule has 0 aliphatic heterocycles. The molecule has 17 heavy (non-hydrogen) atoms. The molecule has 0 fully saturated rings. The summed E-state index contributed by atoms with van der Waals surface area (Å²) < 4.78 is 6.37. The summed E-state index contributed by atoms with van der Waals surface area (Å²) in [5.74, 6) is 0.602. The van der Waals surface area contributed by atoms with Gasteiger partial charge in [-0.2, -0.15) is 0 Å². The standard InChI is InChI=1S/C13H9BrN2O/c1-8-2-4-9(5-3-8)12-15-10-6-7-11(14)16-13(10)17-12/h2-7H,1H3. The minimum absolute atomic E-state index is 0.551. The van der Waals surface area contributed by atoms with E-state index in [1.165, 1.54) is 5.56 Å². The first-order valence-electron chi connectivity index (χ1n) is 5.22. The molecule has 0 aliphatic carbocycles. The van der Waals surface area contributed by atoms with Crippen LogP contribution in [-0.4, -0.2) is 9.97 Å². The van der Waals surface area contributed by atoms with Gasteiger partial charge in [-0.15, -0.1) is 0 Å². The first-order chi connectivity index (χ1) is 8.22. The molecule has 0 unspecified atom stereocenters. The SMILES string of the molecule is Cc1ccc(-c2nc3ccc(Br)nc3o2)cc1. The second-order valence-corrected chi connectivity index (χ2v) is 4.66. The van der Waals surface area contributed by atoms with E-state index in [9.17, 15) is 0 Å². The van der Waals surface area contributed by atoms with Crippen molar-refractivity contribution < 1.29 is 4.42 Å². The molecule has 3 rings (SSSR count). The van der Waals surface area contributed by atoms with Crippen molar-refractivity contribution in [1.82, 2.24) is 9.97 Å². The number of aryl methyl sites for hydroxylation is 1. The number of halogens is 1. The quantitative estimate of drug-likeness (QED) is 0.636. The van der Waals surface area contributed by atoms with E-state index < -0.39 is 0 Å². The maximum Gasteiger partial charge on any atom is 0.248 e. The molecule has 0 spiro atoms. The lowest BCUT2D eigenvalue weighted by atomic mass is 10.1. The van der Waals surface area contributed by atoms with Crippen LogP contribution in [0.1, 0.15) is 5.56 Å². The first kappa shape index (κ1) is 10.5. The molecule has 0 aliphatic rings. The molecule has 0 saturated heterocycles. The molecular weight excluding hydrogens is 280 g/mol. The third-order valence-corrected chi connectivity index (χ3v) is 2.96. The van der Waals surface area contributed by atoms with E-state index in [0.29, 0.717) is 11.6 Å². The van der Waals surface area contributed by atoms with Crippen LogP contribution in [0.5, 0.6) is 0 Å². The second-order valence-electron chi connectivity index (χ2n) is 3.84. The zero-order chi connectivity index (χ0) is 11.8. The Balaban J connectivity index is 2.14. The highest BCUT2D eigenvalue weighted by atomic mass is 79.9. The fourth-order valence-corrected chi connectivity index (χ4v) is 1.91. The Morgan fingerprint density at radius 1 is 1.00 bits per heavy atom. The summed E-state index contributed by atoms with van der Waals surface area (Å²) in [7, 11) is 0. The van der Waals surface area contributed by atoms with E-state index in [-0.39, 0.29) is 0 Å². The van der Waals surface area contributed by atoms with Gasteiger partial charge in [-0.25, -0.2) is 9.97 Å². The molecule has 0 saturated carbocycles. The predicted molar refractivity (Wildman–Crippen MR) is 69.7 cm³/mol. The Morgan fingerprint density at radius 3 is 2.53 bits per heavy atom. The smallest absolute Gasteiger partial charge is 0.248 e. The van der Waals surface area contributed by atoms with E-state index in [4.69, 9.17) is 4.42 Å². The van der Waals surface area contributed by atoms with Gasteiger partial charge in [-0.1, -0.05) is 17.7 Å². The summed E-state index contributed by atoms with van der Waals surface area (Å²) in [6.45, 7) is 2.05. The highest BCUT2D eigenvalue weighted by Crippen LogP contribution is 2.24. The van der Waals surface area contributed by atoms with Crippen molar-refractivity contribution in [3.63, 3.8) is 0 Å². The van der Waals surface area contributed by atoms with Gasteiger partial charge in [0.1, 0.15) is 10.1 Å². The summed E-state index contributed by atoms with van der Waals surface area (Å²) >= 11 is 3.31. The Hall–Kier alpha value is -1.68. The van der Waals surface area contributed by atoms with Crippen molar-refractivity contribution in [1.29, 1.82) is 0 Å². The van der Waals surface area contributed by atoms with Gasteiger partial charge < -0.3 is 4.42 Å². The fourth-order valence-electron chi connectivity index (χ4n) is 1.61. The van der Waals surface area contributed by atoms with Crippen LogP contribution in [0.3, 0.4) is 0 Å². The molecule has 0 N–H and O–H groups in total. The van der Waals surface area contributed by atoms with Crippen LogP contribution in [0.15, 0.2) is 45.4 Å². The lowest BCUT2D eigenvalue weighted by Gasteiger charge is -1.94. The van der Waals surface area contributed by atoms with Gasteiger partial charge in [0.2, 0.25) is 11.6 Å². The molecule has 0 amide bonds. The minimum atomic E-state index is 0.551. The van der Waals surface area contributed by atoms with Crippen molar-refractivity contribution in [2.75, 3.05) is 0 Å². The number of pyridine rings is 1. The number of hydrogen-bond acceptors (Lipinski definition) is 3. The molecule has 3 nitrogen and oxygen atoms in total. The number of oxazole rings is 1. The Morgan fingerprint density at radius 2 is 1.76 bits per heavy atom. The maximum absolute atomic E-state index is 5.62. The molecule has 3 aromatic rings. The number of nitrogens with zero attached hydrogens (tertiary/aromatic N) is 2. The number of fused-ring (bicyclic) bond motifs is 1. The highest BCUT2D eigenvalue weighted by molar-refractivity contribution is 9.10. The van der Waals surface area contributed by atoms with Crippen LogP contribution in [-0.2, 0) is 0 Å². The monoisotopic (exact) mass is 288 g/mol. The number of aromatic nitrogens is 2. The summed E-state index contributed by atoms with van der Waals surface area (Å²) in [4.78, 5) is 8.63. The van der Waals surface area contributed by atoms with E-state index in [0.717, 1.165) is 15.7 Å². The fraction of sp³-hybridized carbons (Fsp3) is 0.0769. The average molecular weight is 289 g/mol. The van der Waals surface area contributed by atoms with E-state index >= 15 is 0 Å². The largest absolute Gasteiger partial charge is 0.418 e. The van der Waals surface area contributed by atoms with Crippen LogP contribution in [0, 0.1) is 6.92 Å². The van der Waals surface area contributed by atoms with Crippen molar-refractivity contribution in [3.05, 3.63) is 46.6 Å². The molecule has 2 heterocycles. The molecule has 1 aromatic carbocycles. The van der Waals surface area contributed by atoms with Crippen LogP contribution in [0.25, 0.3) is 22.7 Å². The van der Waals surface area contributed by atoms with Gasteiger partial charge in [0, 0.05) is 5.56 Å². The Labute approximate surface area is 107 Å². The summed E-state index contributed by atoms with van der Waals surface area (Å²) in [5.41, 5.74) is 3.49. The van der Waals surface area contributed by atoms with Gasteiger partial charge in [0.15, 0.2) is 0 Å². The molecule has 0 bridgehead atoms. The lowest BCUT2D eigenvalue weighted by molar-refractivity contribution is 0.607. The third kappa shape index (κ3) is 1.96. The zero-order valence-electron chi connectivity index (χ0n) is 9.14. The first-order valence-corrected chi connectivity index (χ1v) is 6.02. The molecule has 0 atom stereocenters. The summed E-state index contributed by atoms with van der Waals surface area (Å²) in [5, 5.41) is 0. The van der Waals surface area contributed by atoms with Crippen molar-refractivity contribution >= 4 is 27.2 Å². The van der Waals surface area contributed by atoms with Gasteiger partial charge in [0.05, 0.1) is 0 Å². The maximum atomic E-state index is 5.62. The number of rotatable bonds is 1. The van der Waals surface area contributed by atoms with E-state index in [1.807, 2.05) is 36.4 Å². The van der Waals surface area contributed by atoms with Crippen molar-refractivity contribution in [2.24, 2.45) is 0 Å². The minimum Gasteiger partial charge on any atom is -0.418 e. The van der Waals surface area contributed by atoms with E-state index in [1.54, 1.807) is 0 Å². The molecular formula is C13H9BrN2O. The van der Waals surface area contributed by atoms with Crippen LogP contribution < -0.4 is 0 Å². The van der Waals surface area contributed by atoms with Crippen molar-refractivity contribution in [2.45, 2.75) is 6.92 Å². The molecule has 2 aromatic heterocycles. The molecule has 0 radical (unpaired) electrons. The Kier molecular flexibility index (Phi) is 2.44. The predicted octanol–water partition coefficient (Wildman–Crippen LogP) is 3.96. The van der Waals surface area contributed by atoms with Gasteiger partial charge in [0.25, 0.3) is 0 Å². The van der Waals surface area contributed by atoms with Gasteiger partial charge in [-0.3, -0.25) is 0 Å². The van der Waals surface area contributed by atoms with Crippen LogP contribution in [0.4, 0.5) is 0 Å². The number of hydrogen-bond donors (Lipinski definition) is 0. The number of benzene rings is 1. The summed E-state index contributed by atoms with van der Waals surface area (Å²) in [6.07, 6.45) is 0. The third-order valence-electron chi connectivity index (χ3n) is 2.52.